The summed E-state index contributed by atoms with van der Waals surface area (Å²) in [6.07, 6.45) is 1.45. The lowest BCUT2D eigenvalue weighted by atomic mass is 10.1. The number of nitrogens with two attached hydrogens (primary N) is 1. The van der Waals surface area contributed by atoms with E-state index in [0.717, 1.165) is 11.3 Å². The average molecular weight is 261 g/mol. The lowest BCUT2D eigenvalue weighted by Gasteiger charge is -2.03. The minimum atomic E-state index is -0.556. The number of esters is 1. The summed E-state index contributed by atoms with van der Waals surface area (Å²) < 4.78 is 15.1. The van der Waals surface area contributed by atoms with E-state index in [0.29, 0.717) is 5.56 Å². The molecule has 0 unspecified atom stereocenters. The van der Waals surface area contributed by atoms with Crippen molar-refractivity contribution in [1.82, 2.24) is 0 Å². The molecule has 0 radical (unpaired) electrons. The van der Waals surface area contributed by atoms with Crippen molar-refractivity contribution in [2.24, 2.45) is 0 Å². The maximum absolute atomic E-state index is 11.6. The monoisotopic (exact) mass is 261 g/mol. The molecule has 2 rings (SSSR count). The zero-order chi connectivity index (χ0) is 13.8. The van der Waals surface area contributed by atoms with E-state index in [1.54, 1.807) is 14.0 Å². The molecule has 1 heterocycles. The predicted octanol–water partition coefficient (Wildman–Crippen LogP) is 2.71. The quantitative estimate of drug-likeness (QED) is 0.856. The standard InChI is InChI=1S/C14H15NO4/c1-3-18-14(16)13-12(15)11(8-19-13)9-4-6-10(17-2)7-5-9/h4-8H,3,15H2,1-2H3. The first-order chi connectivity index (χ1) is 9.17. The number of carbonyl (C=O) groups excluding carboxylic acids is 1. The van der Waals surface area contributed by atoms with Crippen molar-refractivity contribution >= 4 is 11.7 Å². The summed E-state index contributed by atoms with van der Waals surface area (Å²) in [5, 5.41) is 0. The third-order valence-electron chi connectivity index (χ3n) is 2.69. The molecule has 0 atom stereocenters. The molecule has 100 valence electrons. The number of benzene rings is 1. The molecule has 0 fully saturated rings. The van der Waals surface area contributed by atoms with Gasteiger partial charge in [0.05, 0.1) is 19.4 Å². The largest absolute Gasteiger partial charge is 0.497 e. The van der Waals surface area contributed by atoms with Gasteiger partial charge in [0, 0.05) is 5.56 Å². The minimum absolute atomic E-state index is 0.0349. The zero-order valence-corrected chi connectivity index (χ0v) is 10.8. The van der Waals surface area contributed by atoms with Gasteiger partial charge in [0.25, 0.3) is 0 Å². The fourth-order valence-electron chi connectivity index (χ4n) is 1.72. The van der Waals surface area contributed by atoms with Crippen molar-refractivity contribution in [1.29, 1.82) is 0 Å². The summed E-state index contributed by atoms with van der Waals surface area (Å²) in [7, 11) is 1.60. The summed E-state index contributed by atoms with van der Waals surface area (Å²) in [5.41, 5.74) is 7.70. The zero-order valence-electron chi connectivity index (χ0n) is 10.8. The fourth-order valence-corrected chi connectivity index (χ4v) is 1.72. The number of nitrogen functional groups attached to an aromatic ring is 1. The van der Waals surface area contributed by atoms with E-state index in [2.05, 4.69) is 0 Å². The van der Waals surface area contributed by atoms with Gasteiger partial charge in [-0.3, -0.25) is 0 Å². The van der Waals surface area contributed by atoms with Crippen molar-refractivity contribution in [2.75, 3.05) is 19.5 Å². The summed E-state index contributed by atoms with van der Waals surface area (Å²) in [6.45, 7) is 2.00. The number of furan rings is 1. The molecule has 0 aliphatic rings. The number of rotatable bonds is 4. The third-order valence-corrected chi connectivity index (χ3v) is 2.69. The van der Waals surface area contributed by atoms with E-state index in [1.165, 1.54) is 6.26 Å². The highest BCUT2D eigenvalue weighted by molar-refractivity contribution is 5.96. The van der Waals surface area contributed by atoms with Gasteiger partial charge in [-0.15, -0.1) is 0 Å². The molecular weight excluding hydrogens is 246 g/mol. The van der Waals surface area contributed by atoms with E-state index in [1.807, 2.05) is 24.3 Å². The maximum atomic E-state index is 11.6. The van der Waals surface area contributed by atoms with Crippen LogP contribution in [-0.4, -0.2) is 19.7 Å². The molecular formula is C14H15NO4. The molecule has 19 heavy (non-hydrogen) atoms. The number of ether oxygens (including phenoxy) is 2. The molecule has 0 aliphatic carbocycles. The Morgan fingerprint density at radius 2 is 2.00 bits per heavy atom. The molecule has 5 nitrogen and oxygen atoms in total. The van der Waals surface area contributed by atoms with Gasteiger partial charge in [0.15, 0.2) is 0 Å². The second-order valence-electron chi connectivity index (χ2n) is 3.84. The summed E-state index contributed by atoms with van der Waals surface area (Å²) in [4.78, 5) is 11.6. The van der Waals surface area contributed by atoms with Crippen LogP contribution in [0.25, 0.3) is 11.1 Å². The molecule has 0 saturated heterocycles. The first kappa shape index (κ1) is 13.0. The lowest BCUT2D eigenvalue weighted by molar-refractivity contribution is 0.0492. The van der Waals surface area contributed by atoms with Crippen molar-refractivity contribution in [3.8, 4) is 16.9 Å². The SMILES string of the molecule is CCOC(=O)c1occ(-c2ccc(OC)cc2)c1N. The first-order valence-electron chi connectivity index (χ1n) is 5.85. The van der Waals surface area contributed by atoms with Crippen LogP contribution in [0.2, 0.25) is 0 Å². The van der Waals surface area contributed by atoms with Crippen molar-refractivity contribution in [2.45, 2.75) is 6.92 Å². The number of hydrogen-bond acceptors (Lipinski definition) is 5. The van der Waals surface area contributed by atoms with Crippen LogP contribution in [0.1, 0.15) is 17.5 Å². The molecule has 0 spiro atoms. The van der Waals surface area contributed by atoms with Gasteiger partial charge in [0.2, 0.25) is 5.76 Å². The van der Waals surface area contributed by atoms with E-state index in [-0.39, 0.29) is 18.1 Å². The van der Waals surface area contributed by atoms with Crippen LogP contribution in [-0.2, 0) is 4.74 Å². The normalized spacial score (nSPS) is 10.2. The molecule has 2 N–H and O–H groups in total. The first-order valence-corrected chi connectivity index (χ1v) is 5.85. The maximum Gasteiger partial charge on any atom is 0.376 e. The Labute approximate surface area is 110 Å². The molecule has 1 aromatic carbocycles. The Morgan fingerprint density at radius 1 is 1.32 bits per heavy atom. The van der Waals surface area contributed by atoms with Gasteiger partial charge < -0.3 is 19.6 Å². The van der Waals surface area contributed by atoms with E-state index in [9.17, 15) is 4.79 Å². The summed E-state index contributed by atoms with van der Waals surface area (Å²) >= 11 is 0. The molecule has 0 aliphatic heterocycles. The van der Waals surface area contributed by atoms with Gasteiger partial charge in [-0.25, -0.2) is 4.79 Å². The topological polar surface area (TPSA) is 74.7 Å². The number of methoxy groups -OCH3 is 1. The molecule has 0 saturated carbocycles. The minimum Gasteiger partial charge on any atom is -0.497 e. The smallest absolute Gasteiger partial charge is 0.376 e. The van der Waals surface area contributed by atoms with Crippen LogP contribution in [0.3, 0.4) is 0 Å². The van der Waals surface area contributed by atoms with Gasteiger partial charge in [-0.05, 0) is 24.6 Å². The Bertz CT molecular complexity index is 572. The fraction of sp³-hybridized carbons (Fsp3) is 0.214. The number of hydrogen-bond donors (Lipinski definition) is 1. The van der Waals surface area contributed by atoms with Crippen LogP contribution in [0.5, 0.6) is 5.75 Å². The molecule has 2 aromatic rings. The van der Waals surface area contributed by atoms with Gasteiger partial charge >= 0.3 is 5.97 Å². The lowest BCUT2D eigenvalue weighted by Crippen LogP contribution is -2.06. The van der Waals surface area contributed by atoms with Crippen LogP contribution >= 0.6 is 0 Å². The van der Waals surface area contributed by atoms with Crippen molar-refractivity contribution in [3.05, 3.63) is 36.3 Å². The highest BCUT2D eigenvalue weighted by Crippen LogP contribution is 2.31. The highest BCUT2D eigenvalue weighted by Gasteiger charge is 2.19. The van der Waals surface area contributed by atoms with Crippen LogP contribution in [0.4, 0.5) is 5.69 Å². The summed E-state index contributed by atoms with van der Waals surface area (Å²) in [5.74, 6) is 0.226. The molecule has 0 bridgehead atoms. The van der Waals surface area contributed by atoms with Crippen LogP contribution in [0, 0.1) is 0 Å². The van der Waals surface area contributed by atoms with Crippen LogP contribution < -0.4 is 10.5 Å². The Balaban J connectivity index is 2.32. The predicted molar refractivity (Wildman–Crippen MR) is 71.1 cm³/mol. The Morgan fingerprint density at radius 3 is 2.58 bits per heavy atom. The summed E-state index contributed by atoms with van der Waals surface area (Å²) in [6, 6.07) is 7.31. The third kappa shape index (κ3) is 2.54. The Kier molecular flexibility index (Phi) is 3.75. The van der Waals surface area contributed by atoms with E-state index in [4.69, 9.17) is 19.6 Å². The van der Waals surface area contributed by atoms with Gasteiger partial charge in [0.1, 0.15) is 12.0 Å². The second kappa shape index (κ2) is 5.48. The highest BCUT2D eigenvalue weighted by atomic mass is 16.5. The van der Waals surface area contributed by atoms with Crippen molar-refractivity contribution < 1.29 is 18.7 Å². The molecule has 0 amide bonds. The average Bonchev–Trinajstić information content (AvgIpc) is 2.81. The van der Waals surface area contributed by atoms with E-state index >= 15 is 0 Å². The second-order valence-corrected chi connectivity index (χ2v) is 3.84. The van der Waals surface area contributed by atoms with Crippen LogP contribution in [0.15, 0.2) is 34.9 Å². The van der Waals surface area contributed by atoms with Gasteiger partial charge in [-0.1, -0.05) is 12.1 Å². The molecule has 1 aromatic heterocycles. The van der Waals surface area contributed by atoms with Crippen molar-refractivity contribution in [3.63, 3.8) is 0 Å². The van der Waals surface area contributed by atoms with E-state index < -0.39 is 5.97 Å². The molecule has 5 heteroatoms. The number of carbonyl (C=O) groups is 1. The Hall–Kier alpha value is -2.43. The van der Waals surface area contributed by atoms with Gasteiger partial charge in [-0.2, -0.15) is 0 Å². The number of anilines is 1.